The van der Waals surface area contributed by atoms with Crippen LogP contribution in [0.3, 0.4) is 0 Å². The highest BCUT2D eigenvalue weighted by molar-refractivity contribution is 5.78. The molecule has 6 heteroatoms. The van der Waals surface area contributed by atoms with Crippen molar-refractivity contribution in [1.29, 1.82) is 0 Å². The van der Waals surface area contributed by atoms with E-state index < -0.39 is 12.1 Å². The highest BCUT2D eigenvalue weighted by atomic mass is 16.6. The van der Waals surface area contributed by atoms with E-state index in [2.05, 4.69) is 14.7 Å². The van der Waals surface area contributed by atoms with Gasteiger partial charge in [-0.05, 0) is 43.3 Å². The van der Waals surface area contributed by atoms with Crippen LogP contribution in [0.4, 0.5) is 11.6 Å². The molecule has 0 aliphatic carbocycles. The van der Waals surface area contributed by atoms with Crippen LogP contribution in [0.25, 0.3) is 11.0 Å². The molecular formula is C18H19N3O3. The summed E-state index contributed by atoms with van der Waals surface area (Å²) in [5, 5.41) is 0. The zero-order valence-corrected chi connectivity index (χ0v) is 13.8. The monoisotopic (exact) mass is 325 g/mol. The average Bonchev–Trinajstić information content (AvgIpc) is 3.05. The lowest BCUT2D eigenvalue weighted by Crippen LogP contribution is -2.24. The number of para-hydroxylation sites is 2. The highest BCUT2D eigenvalue weighted by Gasteiger charge is 2.15. The number of benzene rings is 2. The maximum Gasteiger partial charge on any atom is 0.346 e. The summed E-state index contributed by atoms with van der Waals surface area (Å²) in [5.74, 6) is 0.959. The number of fused-ring (bicyclic) bond motifs is 1. The van der Waals surface area contributed by atoms with Crippen LogP contribution in [-0.2, 0) is 9.53 Å². The molecule has 1 heterocycles. The van der Waals surface area contributed by atoms with Gasteiger partial charge in [-0.25, -0.2) is 9.78 Å². The number of carbonyl (C=O) groups excluding carboxylic acids is 1. The lowest BCUT2D eigenvalue weighted by molar-refractivity contribution is -0.147. The lowest BCUT2D eigenvalue weighted by atomic mass is 10.3. The van der Waals surface area contributed by atoms with Crippen molar-refractivity contribution in [3.63, 3.8) is 0 Å². The van der Waals surface area contributed by atoms with E-state index >= 15 is 0 Å². The Labute approximate surface area is 140 Å². The van der Waals surface area contributed by atoms with Crippen molar-refractivity contribution in [1.82, 2.24) is 9.97 Å². The van der Waals surface area contributed by atoms with E-state index in [1.165, 1.54) is 7.11 Å². The molecule has 3 aromatic rings. The average molecular weight is 325 g/mol. The van der Waals surface area contributed by atoms with Crippen LogP contribution < -0.4 is 9.64 Å². The van der Waals surface area contributed by atoms with Gasteiger partial charge < -0.3 is 19.4 Å². The van der Waals surface area contributed by atoms with Crippen LogP contribution in [0.2, 0.25) is 0 Å². The summed E-state index contributed by atoms with van der Waals surface area (Å²) < 4.78 is 10.2. The summed E-state index contributed by atoms with van der Waals surface area (Å²) in [6, 6.07) is 15.3. The van der Waals surface area contributed by atoms with Gasteiger partial charge in [0.05, 0.1) is 18.1 Å². The third-order valence-electron chi connectivity index (χ3n) is 3.76. The fourth-order valence-corrected chi connectivity index (χ4v) is 2.39. The first-order valence-corrected chi connectivity index (χ1v) is 7.61. The molecule has 3 rings (SSSR count). The molecule has 0 spiro atoms. The Morgan fingerprint density at radius 2 is 1.88 bits per heavy atom. The van der Waals surface area contributed by atoms with E-state index in [1.807, 2.05) is 60.5 Å². The first-order valence-electron chi connectivity index (χ1n) is 7.61. The van der Waals surface area contributed by atoms with E-state index in [-0.39, 0.29) is 0 Å². The van der Waals surface area contributed by atoms with Gasteiger partial charge in [0.1, 0.15) is 5.75 Å². The van der Waals surface area contributed by atoms with Crippen molar-refractivity contribution in [3.8, 4) is 5.75 Å². The number of aromatic amines is 1. The molecule has 0 aliphatic heterocycles. The van der Waals surface area contributed by atoms with Crippen LogP contribution in [0.5, 0.6) is 5.75 Å². The number of anilines is 2. The van der Waals surface area contributed by atoms with Crippen molar-refractivity contribution in [2.24, 2.45) is 0 Å². The number of hydrogen-bond donors (Lipinski definition) is 1. The maximum atomic E-state index is 11.4. The highest BCUT2D eigenvalue weighted by Crippen LogP contribution is 2.25. The summed E-state index contributed by atoms with van der Waals surface area (Å²) in [5.41, 5.74) is 2.87. The number of aromatic nitrogens is 2. The predicted molar refractivity (Wildman–Crippen MR) is 92.7 cm³/mol. The number of carbonyl (C=O) groups is 1. The molecule has 124 valence electrons. The molecule has 2 aromatic carbocycles. The molecule has 1 atom stereocenters. The van der Waals surface area contributed by atoms with Crippen molar-refractivity contribution >= 4 is 28.6 Å². The first kappa shape index (κ1) is 15.9. The Morgan fingerprint density at radius 3 is 2.54 bits per heavy atom. The minimum absolute atomic E-state index is 0.404. The predicted octanol–water partition coefficient (Wildman–Crippen LogP) is 3.27. The third kappa shape index (κ3) is 3.17. The topological polar surface area (TPSA) is 67.5 Å². The normalized spacial score (nSPS) is 12.0. The minimum Gasteiger partial charge on any atom is -0.479 e. The molecule has 1 aromatic heterocycles. The van der Waals surface area contributed by atoms with Crippen molar-refractivity contribution in [2.45, 2.75) is 13.0 Å². The van der Waals surface area contributed by atoms with Crippen molar-refractivity contribution < 1.29 is 14.3 Å². The molecule has 6 nitrogen and oxygen atoms in total. The second-order valence-corrected chi connectivity index (χ2v) is 5.41. The molecule has 1 N–H and O–H groups in total. The lowest BCUT2D eigenvalue weighted by Gasteiger charge is -2.17. The Bertz CT molecular complexity index is 809. The molecule has 0 aliphatic rings. The zero-order valence-electron chi connectivity index (χ0n) is 13.8. The van der Waals surface area contributed by atoms with Gasteiger partial charge in [-0.15, -0.1) is 0 Å². The molecule has 0 fully saturated rings. The van der Waals surface area contributed by atoms with Gasteiger partial charge in [-0.1, -0.05) is 12.1 Å². The summed E-state index contributed by atoms with van der Waals surface area (Å²) >= 11 is 0. The number of nitrogens with one attached hydrogen (secondary N) is 1. The van der Waals surface area contributed by atoms with Crippen LogP contribution >= 0.6 is 0 Å². The SMILES string of the molecule is COC(=O)C(C)Oc1ccc(N(C)c2nc3ccccc3[nH]2)cc1. The van der Waals surface area contributed by atoms with E-state index in [0.29, 0.717) is 5.75 Å². The first-order chi connectivity index (χ1) is 11.6. The number of ether oxygens (including phenoxy) is 2. The smallest absolute Gasteiger partial charge is 0.346 e. The molecule has 0 saturated heterocycles. The van der Waals surface area contributed by atoms with Gasteiger partial charge in [0.25, 0.3) is 0 Å². The molecule has 0 saturated carbocycles. The van der Waals surface area contributed by atoms with Crippen LogP contribution in [-0.4, -0.2) is 36.2 Å². The standard InChI is InChI=1S/C18H19N3O3/c1-12(17(22)23-3)24-14-10-8-13(9-11-14)21(2)18-19-15-6-4-5-7-16(15)20-18/h4-12H,1-3H3,(H,19,20). The van der Waals surface area contributed by atoms with E-state index in [1.54, 1.807) is 6.92 Å². The number of methoxy groups -OCH3 is 1. The molecule has 1 unspecified atom stereocenters. The maximum absolute atomic E-state index is 11.4. The molecule has 24 heavy (non-hydrogen) atoms. The van der Waals surface area contributed by atoms with E-state index in [9.17, 15) is 4.79 Å². The third-order valence-corrected chi connectivity index (χ3v) is 3.76. The molecule has 0 radical (unpaired) electrons. The number of hydrogen-bond acceptors (Lipinski definition) is 5. The number of esters is 1. The van der Waals surface area contributed by atoms with Gasteiger partial charge in [-0.3, -0.25) is 0 Å². The fourth-order valence-electron chi connectivity index (χ4n) is 2.39. The van der Waals surface area contributed by atoms with Crippen LogP contribution in [0.15, 0.2) is 48.5 Å². The minimum atomic E-state index is -0.644. The Morgan fingerprint density at radius 1 is 1.17 bits per heavy atom. The van der Waals surface area contributed by atoms with E-state index in [4.69, 9.17) is 4.74 Å². The van der Waals surface area contributed by atoms with Gasteiger partial charge in [0.2, 0.25) is 5.95 Å². The Kier molecular flexibility index (Phi) is 4.37. The van der Waals surface area contributed by atoms with Crippen LogP contribution in [0, 0.1) is 0 Å². The molecule has 0 amide bonds. The summed E-state index contributed by atoms with van der Waals surface area (Å²) in [4.78, 5) is 21.2. The van der Waals surface area contributed by atoms with Gasteiger partial charge in [-0.2, -0.15) is 0 Å². The zero-order chi connectivity index (χ0) is 17.1. The quantitative estimate of drug-likeness (QED) is 0.729. The number of H-pyrrole nitrogens is 1. The summed E-state index contributed by atoms with van der Waals surface area (Å²) in [6.07, 6.45) is -0.644. The number of imidazole rings is 1. The summed E-state index contributed by atoms with van der Waals surface area (Å²) in [7, 11) is 3.28. The van der Waals surface area contributed by atoms with E-state index in [0.717, 1.165) is 22.7 Å². The van der Waals surface area contributed by atoms with Gasteiger partial charge in [0, 0.05) is 12.7 Å². The van der Waals surface area contributed by atoms with Crippen molar-refractivity contribution in [2.75, 3.05) is 19.1 Å². The number of rotatable bonds is 5. The fraction of sp³-hybridized carbons (Fsp3) is 0.222. The molecular weight excluding hydrogens is 306 g/mol. The second kappa shape index (κ2) is 6.62. The van der Waals surface area contributed by atoms with Crippen molar-refractivity contribution in [3.05, 3.63) is 48.5 Å². The Balaban J connectivity index is 1.76. The second-order valence-electron chi connectivity index (χ2n) is 5.41. The number of nitrogens with zero attached hydrogens (tertiary/aromatic N) is 2. The summed E-state index contributed by atoms with van der Waals surface area (Å²) in [6.45, 7) is 1.65. The van der Waals surface area contributed by atoms with Crippen LogP contribution in [0.1, 0.15) is 6.92 Å². The van der Waals surface area contributed by atoms with Gasteiger partial charge in [0.15, 0.2) is 6.10 Å². The molecule has 0 bridgehead atoms. The largest absolute Gasteiger partial charge is 0.479 e. The Hall–Kier alpha value is -3.02. The van der Waals surface area contributed by atoms with Gasteiger partial charge >= 0.3 is 5.97 Å².